The van der Waals surface area contributed by atoms with Crippen molar-refractivity contribution in [3.05, 3.63) is 356 Å². The van der Waals surface area contributed by atoms with Gasteiger partial charge in [-0.05, 0) is 167 Å². The zero-order valence-corrected chi connectivity index (χ0v) is 82.2. The van der Waals surface area contributed by atoms with Crippen LogP contribution in [0.4, 0.5) is 91.0 Å². The molecule has 0 atom stereocenters. The summed E-state index contributed by atoms with van der Waals surface area (Å²) in [5.41, 5.74) is 5.29. The Morgan fingerprint density at radius 3 is 0.524 bits per heavy atom. The molecule has 0 aromatic heterocycles. The van der Waals surface area contributed by atoms with Gasteiger partial charge in [0.15, 0.2) is 28.2 Å². The Kier molecular flexibility index (Phi) is 50.2. The first-order valence-corrected chi connectivity index (χ1v) is 41.8. The Labute approximate surface area is 867 Å². The number of nitrogens with one attached hydrogen (secondary N) is 4. The third-order valence-electron chi connectivity index (χ3n) is 17.8. The van der Waals surface area contributed by atoms with Crippen LogP contribution < -0.4 is 21.3 Å². The monoisotopic (exact) mass is 2120 g/mol. The van der Waals surface area contributed by atoms with Gasteiger partial charge in [-0.2, -0.15) is 0 Å². The van der Waals surface area contributed by atoms with Gasteiger partial charge >= 0.3 is 0 Å². The second-order valence-electron chi connectivity index (χ2n) is 29.1. The van der Waals surface area contributed by atoms with Crippen LogP contribution in [0.1, 0.15) is 27.7 Å². The van der Waals surface area contributed by atoms with Crippen LogP contribution in [0.3, 0.4) is 0 Å². The topological polar surface area (TPSA) is 680 Å². The normalized spacial score (nSPS) is 10.2. The van der Waals surface area contributed by atoms with Gasteiger partial charge in [-0.3, -0.25) is 59.6 Å². The summed E-state index contributed by atoms with van der Waals surface area (Å²) in [4.78, 5) is 77.5. The quantitative estimate of drug-likeness (QED) is 0.0185. The summed E-state index contributed by atoms with van der Waals surface area (Å²) in [5, 5.41) is 218. The number of hydrogen-bond acceptors (Lipinski definition) is 36. The molecule has 16 rings (SSSR count). The number of carbonyl (C=O) groups excluding carboxylic acids is 4. The number of carbonyl (C=O) groups is 4. The second kappa shape index (κ2) is 61.4. The number of phenolic OH excluding ortho intramolecular Hbond substituents is 12. The summed E-state index contributed by atoms with van der Waals surface area (Å²) in [7, 11) is 3.56. The van der Waals surface area contributed by atoms with E-state index in [1.54, 1.807) is 97.1 Å². The maximum Gasteiger partial charge on any atom is 0.221 e. The number of rotatable bonds is 16. The molecule has 1 radical (unpaired) electrons. The standard InChI is InChI=1S/2C16H16N4O4.4C16H12N2O2.4CH3NO2.Co.2Cr/c2*1-9(21)17-11-3-5-15(23)13(7-11)19-20-14-8-12(18-10(2)22)4-6-16(14)24;4*19-14-8-4-3-7-13(14)17-18-16-12-6-2-1-5-11(12)9-10-15(16)20;4*1-2(3)4;;;/h2*3-8,23-24H,1-2H3,(H,17,21)(H,18,22);4*1-10,19-20H;4*1H3;;;. The van der Waals surface area contributed by atoms with E-state index in [4.69, 9.17) is 40.5 Å². The molecule has 44 nitrogen and oxygen atoms in total. The smallest absolute Gasteiger partial charge is 0.221 e. The number of para-hydroxylation sites is 4. The average Bonchev–Trinajstić information content (AvgIpc) is 0.814. The Morgan fingerprint density at radius 1 is 0.211 bits per heavy atom. The molecule has 0 aliphatic rings. The molecule has 0 fully saturated rings. The molecule has 147 heavy (non-hydrogen) atoms. The minimum absolute atomic E-state index is 0. The van der Waals surface area contributed by atoms with Gasteiger partial charge in [0.25, 0.3) is 0 Å². The number of nitrogens with zero attached hydrogens (tertiary/aromatic N) is 16. The molecule has 0 aliphatic heterocycles. The van der Waals surface area contributed by atoms with E-state index >= 15 is 0 Å². The van der Waals surface area contributed by atoms with Gasteiger partial charge in [0.2, 0.25) is 23.6 Å². The summed E-state index contributed by atoms with van der Waals surface area (Å²) in [5.74, 6) is -1.14. The Bertz CT molecular complexity index is 6600. The van der Waals surface area contributed by atoms with Crippen molar-refractivity contribution in [3.8, 4) is 69.0 Å². The zero-order valence-electron chi connectivity index (χ0n) is 78.6. The summed E-state index contributed by atoms with van der Waals surface area (Å²) in [6, 6.07) is 88.0. The summed E-state index contributed by atoms with van der Waals surface area (Å²) >= 11 is 0. The maximum atomic E-state index is 11.1. The Morgan fingerprint density at radius 2 is 0.354 bits per heavy atom. The molecule has 0 unspecified atom stereocenters. The van der Waals surface area contributed by atoms with Crippen molar-refractivity contribution in [2.24, 2.45) is 61.4 Å². The molecule has 0 bridgehead atoms. The number of phenols is 12. The van der Waals surface area contributed by atoms with E-state index in [-0.39, 0.29) is 167 Å². The maximum absolute atomic E-state index is 11.1. The van der Waals surface area contributed by atoms with Crippen LogP contribution in [0.5, 0.6) is 69.0 Å². The molecule has 16 aromatic rings. The van der Waals surface area contributed by atoms with E-state index in [1.807, 2.05) is 121 Å². The van der Waals surface area contributed by atoms with Crippen LogP contribution in [-0.2, 0) is 70.7 Å². The third-order valence-corrected chi connectivity index (χ3v) is 17.8. The van der Waals surface area contributed by atoms with Crippen LogP contribution in [0, 0.1) is 40.5 Å². The number of azo groups is 6. The fourth-order valence-electron chi connectivity index (χ4n) is 11.8. The molecule has 0 aliphatic carbocycles. The fraction of sp³-hybridized carbons (Fsp3) is 0.0800. The molecular weight excluding hydrogens is 2030 g/mol. The first-order chi connectivity index (χ1) is 68.6. The Hall–Kier alpha value is -19.2. The van der Waals surface area contributed by atoms with Crippen LogP contribution in [0.25, 0.3) is 43.1 Å². The molecule has 0 saturated heterocycles. The van der Waals surface area contributed by atoms with Gasteiger partial charge < -0.3 is 82.5 Å². The number of hydrogen-bond donors (Lipinski definition) is 16. The molecule has 0 saturated carbocycles. The minimum Gasteiger partial charge on any atom is -0.506 e. The van der Waals surface area contributed by atoms with E-state index in [1.165, 1.54) is 125 Å². The van der Waals surface area contributed by atoms with Crippen LogP contribution in [0.15, 0.2) is 377 Å². The SMILES string of the molecule is CC(=O)Nc1ccc(O)c(N=Nc2cc(NC(C)=O)ccc2O)c1.CC(=O)Nc1ccc(O)c(N=Nc2cc(NC(C)=O)ccc2O)c1.C[N+](=O)[O-].C[N+](=O)[O-].C[N+](=O)[O-].C[N+](=O)[O-].Oc1ccccc1N=Nc1c(O)ccc2ccccc12.Oc1ccccc1N=Nc1c(O)ccc2ccccc12.Oc1ccccc1N=Nc1c(O)ccc2ccccc12.Oc1ccccc1N=Nc1c(O)ccc2ccccc12.[Co].[Cr].[Cr]. The predicted molar refractivity (Wildman–Crippen MR) is 541 cm³/mol. The summed E-state index contributed by atoms with van der Waals surface area (Å²) < 4.78 is 0. The fourth-order valence-corrected chi connectivity index (χ4v) is 11.8. The van der Waals surface area contributed by atoms with E-state index in [9.17, 15) is 80.5 Å². The van der Waals surface area contributed by atoms with Gasteiger partial charge in [-0.25, -0.2) is 0 Å². The molecular formula is C100H92CoCr2N20O24. The predicted octanol–water partition coefficient (Wildman–Crippen LogP) is 25.1. The molecule has 16 N–H and O–H groups in total. The number of anilines is 4. The molecule has 0 heterocycles. The average molecular weight is 2120 g/mol. The van der Waals surface area contributed by atoms with Crippen molar-refractivity contribution in [3.63, 3.8) is 0 Å². The van der Waals surface area contributed by atoms with Crippen molar-refractivity contribution >= 4 is 158 Å². The molecule has 4 amide bonds. The van der Waals surface area contributed by atoms with Crippen molar-refractivity contribution in [2.45, 2.75) is 27.7 Å². The van der Waals surface area contributed by atoms with Gasteiger partial charge in [-0.1, -0.05) is 170 Å². The zero-order chi connectivity index (χ0) is 105. The van der Waals surface area contributed by atoms with Crippen LogP contribution in [-0.4, -0.2) is 133 Å². The number of fused-ring (bicyclic) bond motifs is 4. The van der Waals surface area contributed by atoms with Gasteiger partial charge in [0.05, 0.1) is 0 Å². The number of amides is 4. The van der Waals surface area contributed by atoms with E-state index in [0.29, 0.717) is 68.2 Å². The van der Waals surface area contributed by atoms with E-state index < -0.39 is 19.7 Å². The first kappa shape index (κ1) is 120. The molecule has 47 heteroatoms. The van der Waals surface area contributed by atoms with Crippen molar-refractivity contribution < 1.29 is 152 Å². The third kappa shape index (κ3) is 41.3. The van der Waals surface area contributed by atoms with Crippen molar-refractivity contribution in [1.29, 1.82) is 0 Å². The summed E-state index contributed by atoms with van der Waals surface area (Å²) in [6.07, 6.45) is 0. The van der Waals surface area contributed by atoms with Gasteiger partial charge in [0, 0.05) is 143 Å². The minimum atomic E-state index is -0.500. The summed E-state index contributed by atoms with van der Waals surface area (Å²) in [6.45, 7) is 5.44. The second-order valence-corrected chi connectivity index (χ2v) is 29.1. The molecule has 0 spiro atoms. The van der Waals surface area contributed by atoms with Crippen LogP contribution >= 0.6 is 0 Å². The largest absolute Gasteiger partial charge is 0.506 e. The number of nitro groups is 4. The van der Waals surface area contributed by atoms with Gasteiger partial charge in [-0.15, -0.1) is 61.4 Å². The van der Waals surface area contributed by atoms with Gasteiger partial charge in [0.1, 0.15) is 137 Å². The Balaban J connectivity index is 0.000000355. The molecule has 16 aromatic carbocycles. The van der Waals surface area contributed by atoms with E-state index in [0.717, 1.165) is 71.3 Å². The van der Waals surface area contributed by atoms with Crippen LogP contribution in [0.2, 0.25) is 0 Å². The van der Waals surface area contributed by atoms with Crippen molar-refractivity contribution in [1.82, 2.24) is 0 Å². The number of benzene rings is 16. The first-order valence-electron chi connectivity index (χ1n) is 41.8. The molecule has 757 valence electrons. The van der Waals surface area contributed by atoms with E-state index in [2.05, 4.69) is 82.6 Å². The van der Waals surface area contributed by atoms with Crippen molar-refractivity contribution in [2.75, 3.05) is 49.5 Å². The number of aromatic hydroxyl groups is 12.